The summed E-state index contributed by atoms with van der Waals surface area (Å²) in [6.45, 7) is 4.18. The van der Waals surface area contributed by atoms with Gasteiger partial charge in [0.25, 0.3) is 5.91 Å². The molecule has 0 bridgehead atoms. The van der Waals surface area contributed by atoms with Crippen LogP contribution in [0.2, 0.25) is 0 Å². The molecule has 0 atom stereocenters. The van der Waals surface area contributed by atoms with Crippen LogP contribution in [0.3, 0.4) is 0 Å². The van der Waals surface area contributed by atoms with Gasteiger partial charge in [0.1, 0.15) is 5.69 Å². The van der Waals surface area contributed by atoms with Crippen LogP contribution in [0.4, 0.5) is 5.69 Å². The van der Waals surface area contributed by atoms with E-state index in [1.54, 1.807) is 18.3 Å². The number of aryl methyl sites for hydroxylation is 2. The Balaban J connectivity index is 2.15. The minimum Gasteiger partial charge on any atom is -0.326 e. The number of hydrogen-bond donors (Lipinski definition) is 2. The van der Waals surface area contributed by atoms with Crippen molar-refractivity contribution >= 4 is 11.6 Å². The molecule has 0 aliphatic rings. The highest BCUT2D eigenvalue weighted by Crippen LogP contribution is 2.13. The van der Waals surface area contributed by atoms with Gasteiger partial charge < -0.3 is 11.1 Å². The summed E-state index contributed by atoms with van der Waals surface area (Å²) in [6.07, 6.45) is 1.61. The van der Waals surface area contributed by atoms with Crippen molar-refractivity contribution in [3.8, 4) is 0 Å². The molecule has 2 aromatic rings. The number of nitrogens with zero attached hydrogens (tertiary/aromatic N) is 2. The monoisotopic (exact) mass is 256 g/mol. The fourth-order valence-electron chi connectivity index (χ4n) is 1.68. The molecule has 0 saturated heterocycles. The number of rotatable bonds is 3. The zero-order valence-electron chi connectivity index (χ0n) is 11.0. The first kappa shape index (κ1) is 13.2. The van der Waals surface area contributed by atoms with Crippen molar-refractivity contribution in [2.45, 2.75) is 20.4 Å². The number of carbonyl (C=O) groups excluding carboxylic acids is 1. The maximum atomic E-state index is 12.0. The summed E-state index contributed by atoms with van der Waals surface area (Å²) in [5, 5.41) is 2.80. The molecule has 0 aliphatic carbocycles. The molecule has 0 aromatic carbocycles. The Bertz CT molecular complexity index is 593. The van der Waals surface area contributed by atoms with Gasteiger partial charge in [-0.25, -0.2) is 0 Å². The van der Waals surface area contributed by atoms with E-state index in [4.69, 9.17) is 5.73 Å². The Morgan fingerprint density at radius 3 is 2.63 bits per heavy atom. The minimum absolute atomic E-state index is 0.252. The topological polar surface area (TPSA) is 80.9 Å². The largest absolute Gasteiger partial charge is 0.326 e. The van der Waals surface area contributed by atoms with Crippen LogP contribution in [0, 0.1) is 13.8 Å². The molecule has 0 spiro atoms. The standard InChI is InChI=1S/C14H16N4O/c1-9-3-5-12(10(2)17-9)18-14(19)13-6-4-11(7-15)8-16-13/h3-6,8H,7,15H2,1-2H3,(H,18,19). The average molecular weight is 256 g/mol. The van der Waals surface area contributed by atoms with Crippen molar-refractivity contribution in [1.82, 2.24) is 9.97 Å². The second-order valence-corrected chi connectivity index (χ2v) is 4.30. The fraction of sp³-hybridized carbons (Fsp3) is 0.214. The molecule has 3 N–H and O–H groups in total. The molecule has 98 valence electrons. The van der Waals surface area contributed by atoms with Crippen LogP contribution in [0.1, 0.15) is 27.4 Å². The third kappa shape index (κ3) is 3.14. The van der Waals surface area contributed by atoms with Gasteiger partial charge in [0.2, 0.25) is 0 Å². The number of pyridine rings is 2. The van der Waals surface area contributed by atoms with E-state index in [0.717, 1.165) is 17.0 Å². The molecule has 1 amide bonds. The average Bonchev–Trinajstić information content (AvgIpc) is 2.42. The predicted octanol–water partition coefficient (Wildman–Crippen LogP) is 1.80. The van der Waals surface area contributed by atoms with Crippen LogP contribution in [0.15, 0.2) is 30.5 Å². The quantitative estimate of drug-likeness (QED) is 0.877. The molecule has 0 saturated carbocycles. The van der Waals surface area contributed by atoms with Gasteiger partial charge >= 0.3 is 0 Å². The van der Waals surface area contributed by atoms with Crippen LogP contribution < -0.4 is 11.1 Å². The normalized spacial score (nSPS) is 10.3. The maximum Gasteiger partial charge on any atom is 0.274 e. The van der Waals surface area contributed by atoms with Crippen molar-refractivity contribution in [1.29, 1.82) is 0 Å². The van der Waals surface area contributed by atoms with Gasteiger partial charge in [-0.2, -0.15) is 0 Å². The number of nitrogens with one attached hydrogen (secondary N) is 1. The molecule has 5 nitrogen and oxygen atoms in total. The highest BCUT2D eigenvalue weighted by molar-refractivity contribution is 6.03. The van der Waals surface area contributed by atoms with Crippen LogP contribution in [0.25, 0.3) is 0 Å². The first-order valence-electron chi connectivity index (χ1n) is 6.00. The lowest BCUT2D eigenvalue weighted by atomic mass is 10.2. The number of anilines is 1. The van der Waals surface area contributed by atoms with E-state index >= 15 is 0 Å². The Morgan fingerprint density at radius 1 is 1.26 bits per heavy atom. The lowest BCUT2D eigenvalue weighted by Crippen LogP contribution is -2.15. The van der Waals surface area contributed by atoms with Gasteiger partial charge in [-0.15, -0.1) is 0 Å². The summed E-state index contributed by atoms with van der Waals surface area (Å²) < 4.78 is 0. The molecule has 0 aliphatic heterocycles. The zero-order chi connectivity index (χ0) is 13.8. The molecule has 0 radical (unpaired) electrons. The first-order valence-corrected chi connectivity index (χ1v) is 6.00. The molecule has 2 heterocycles. The third-order valence-electron chi connectivity index (χ3n) is 2.77. The van der Waals surface area contributed by atoms with Crippen LogP contribution in [0.5, 0.6) is 0 Å². The minimum atomic E-state index is -0.252. The Labute approximate surface area is 111 Å². The lowest BCUT2D eigenvalue weighted by Gasteiger charge is -2.08. The molecule has 0 fully saturated rings. The van der Waals surface area contributed by atoms with Crippen molar-refractivity contribution in [3.63, 3.8) is 0 Å². The van der Waals surface area contributed by atoms with Crippen LogP contribution >= 0.6 is 0 Å². The highest BCUT2D eigenvalue weighted by Gasteiger charge is 2.09. The summed E-state index contributed by atoms with van der Waals surface area (Å²) in [4.78, 5) is 20.4. The maximum absolute atomic E-state index is 12.0. The van der Waals surface area contributed by atoms with Gasteiger partial charge in [0, 0.05) is 18.4 Å². The molecule has 0 unspecified atom stereocenters. The second-order valence-electron chi connectivity index (χ2n) is 4.30. The van der Waals surface area contributed by atoms with E-state index in [9.17, 15) is 4.79 Å². The number of aromatic nitrogens is 2. The summed E-state index contributed by atoms with van der Waals surface area (Å²) >= 11 is 0. The second kappa shape index (κ2) is 5.58. The summed E-state index contributed by atoms with van der Waals surface area (Å²) in [5.41, 5.74) is 9.13. The highest BCUT2D eigenvalue weighted by atomic mass is 16.1. The van der Waals surface area contributed by atoms with Crippen LogP contribution in [-0.4, -0.2) is 15.9 Å². The van der Waals surface area contributed by atoms with Gasteiger partial charge in [0.05, 0.1) is 11.4 Å². The van der Waals surface area contributed by atoms with E-state index in [-0.39, 0.29) is 5.91 Å². The van der Waals surface area contributed by atoms with Gasteiger partial charge in [-0.05, 0) is 37.6 Å². The molecule has 2 aromatic heterocycles. The van der Waals surface area contributed by atoms with Crippen molar-refractivity contribution in [2.75, 3.05) is 5.32 Å². The third-order valence-corrected chi connectivity index (χ3v) is 2.77. The predicted molar refractivity (Wildman–Crippen MR) is 73.8 cm³/mol. The lowest BCUT2D eigenvalue weighted by molar-refractivity contribution is 0.102. The molecular formula is C14H16N4O. The Hall–Kier alpha value is -2.27. The van der Waals surface area contributed by atoms with E-state index in [0.29, 0.717) is 17.9 Å². The summed E-state index contributed by atoms with van der Waals surface area (Å²) in [5.74, 6) is -0.252. The van der Waals surface area contributed by atoms with Gasteiger partial charge in [-0.3, -0.25) is 14.8 Å². The van der Waals surface area contributed by atoms with Crippen LogP contribution in [-0.2, 0) is 6.54 Å². The SMILES string of the molecule is Cc1ccc(NC(=O)c2ccc(CN)cn2)c(C)n1. The van der Waals surface area contributed by atoms with Crippen molar-refractivity contribution < 1.29 is 4.79 Å². The number of carbonyl (C=O) groups is 1. The smallest absolute Gasteiger partial charge is 0.274 e. The van der Waals surface area contributed by atoms with E-state index in [1.807, 2.05) is 26.0 Å². The number of amides is 1. The molecule has 19 heavy (non-hydrogen) atoms. The van der Waals surface area contributed by atoms with Crippen molar-refractivity contribution in [3.05, 3.63) is 53.1 Å². The molecule has 5 heteroatoms. The Morgan fingerprint density at radius 2 is 2.05 bits per heavy atom. The van der Waals surface area contributed by atoms with Gasteiger partial charge in [0.15, 0.2) is 0 Å². The van der Waals surface area contributed by atoms with E-state index in [1.165, 1.54) is 0 Å². The molecule has 2 rings (SSSR count). The number of hydrogen-bond acceptors (Lipinski definition) is 4. The first-order chi connectivity index (χ1) is 9.10. The van der Waals surface area contributed by atoms with Gasteiger partial charge in [-0.1, -0.05) is 6.07 Å². The zero-order valence-corrected chi connectivity index (χ0v) is 11.0. The Kier molecular flexibility index (Phi) is 3.87. The summed E-state index contributed by atoms with van der Waals surface area (Å²) in [7, 11) is 0. The molecular weight excluding hydrogens is 240 g/mol. The fourth-order valence-corrected chi connectivity index (χ4v) is 1.68. The van der Waals surface area contributed by atoms with E-state index < -0.39 is 0 Å². The summed E-state index contributed by atoms with van der Waals surface area (Å²) in [6, 6.07) is 7.15. The van der Waals surface area contributed by atoms with E-state index in [2.05, 4.69) is 15.3 Å². The van der Waals surface area contributed by atoms with Crippen molar-refractivity contribution in [2.24, 2.45) is 5.73 Å². The number of nitrogens with two attached hydrogens (primary N) is 1.